The third-order valence-corrected chi connectivity index (χ3v) is 5.15. The summed E-state index contributed by atoms with van der Waals surface area (Å²) in [6, 6.07) is 0. The molecule has 0 spiro atoms. The van der Waals surface area contributed by atoms with E-state index in [2.05, 4.69) is 5.32 Å². The zero-order chi connectivity index (χ0) is 14.1. The molecule has 118 valence electrons. The fraction of sp³-hybridized carbons (Fsp3) is 1.00. The van der Waals surface area contributed by atoms with Crippen LogP contribution in [0.4, 0.5) is 0 Å². The van der Waals surface area contributed by atoms with Gasteiger partial charge < -0.3 is 14.8 Å². The predicted octanol–water partition coefficient (Wildman–Crippen LogP) is 3.52. The molecule has 2 aliphatic rings. The fourth-order valence-corrected chi connectivity index (χ4v) is 3.92. The van der Waals surface area contributed by atoms with Crippen LogP contribution < -0.4 is 5.32 Å². The molecule has 0 aromatic rings. The Morgan fingerprint density at radius 2 is 2.05 bits per heavy atom. The van der Waals surface area contributed by atoms with Gasteiger partial charge in [0, 0.05) is 26.8 Å². The summed E-state index contributed by atoms with van der Waals surface area (Å²) in [5, 5.41) is 3.62. The minimum Gasteiger partial charge on any atom is -0.383 e. The molecule has 0 amide bonds. The van der Waals surface area contributed by atoms with Crippen molar-refractivity contribution in [3.63, 3.8) is 0 Å². The molecule has 1 atom stereocenters. The van der Waals surface area contributed by atoms with Gasteiger partial charge in [-0.3, -0.25) is 0 Å². The van der Waals surface area contributed by atoms with Gasteiger partial charge in [-0.1, -0.05) is 25.7 Å². The zero-order valence-electron chi connectivity index (χ0n) is 13.3. The maximum absolute atomic E-state index is 5.76. The first-order valence-electron chi connectivity index (χ1n) is 8.66. The molecule has 1 saturated carbocycles. The van der Waals surface area contributed by atoms with E-state index in [0.717, 1.165) is 19.8 Å². The highest BCUT2D eigenvalue weighted by atomic mass is 16.5. The van der Waals surface area contributed by atoms with Gasteiger partial charge in [0.15, 0.2) is 0 Å². The van der Waals surface area contributed by atoms with Crippen molar-refractivity contribution in [1.29, 1.82) is 0 Å². The van der Waals surface area contributed by atoms with Crippen molar-refractivity contribution in [3.05, 3.63) is 0 Å². The topological polar surface area (TPSA) is 30.5 Å². The Hall–Kier alpha value is -0.120. The molecule has 2 fully saturated rings. The standard InChI is InChI=1S/C17H33NO2/c1-19-14-12-18-15-17(9-3-2-4-10-17)11-5-7-16-8-6-13-20-16/h16,18H,2-15H2,1H3. The minimum absolute atomic E-state index is 0.560. The Kier molecular flexibility index (Phi) is 7.32. The lowest BCUT2D eigenvalue weighted by molar-refractivity contribution is 0.0915. The lowest BCUT2D eigenvalue weighted by Gasteiger charge is -2.38. The van der Waals surface area contributed by atoms with Gasteiger partial charge in [-0.15, -0.1) is 0 Å². The molecular formula is C17H33NO2. The summed E-state index contributed by atoms with van der Waals surface area (Å²) >= 11 is 0. The largest absolute Gasteiger partial charge is 0.383 e. The van der Waals surface area contributed by atoms with Gasteiger partial charge in [0.25, 0.3) is 0 Å². The third-order valence-electron chi connectivity index (χ3n) is 5.15. The summed E-state index contributed by atoms with van der Waals surface area (Å²) in [6.45, 7) is 3.99. The van der Waals surface area contributed by atoms with Crippen LogP contribution in [-0.2, 0) is 9.47 Å². The highest BCUT2D eigenvalue weighted by Crippen LogP contribution is 2.40. The predicted molar refractivity (Wildman–Crippen MR) is 83.1 cm³/mol. The number of nitrogens with one attached hydrogen (secondary N) is 1. The molecule has 0 bridgehead atoms. The Bertz CT molecular complexity index is 245. The van der Waals surface area contributed by atoms with E-state index in [1.54, 1.807) is 7.11 Å². The number of ether oxygens (including phenoxy) is 2. The Morgan fingerprint density at radius 3 is 2.75 bits per heavy atom. The van der Waals surface area contributed by atoms with E-state index in [0.29, 0.717) is 11.5 Å². The molecule has 1 aliphatic carbocycles. The summed E-state index contributed by atoms with van der Waals surface area (Å²) in [6.07, 6.45) is 14.2. The monoisotopic (exact) mass is 283 g/mol. The molecule has 1 N–H and O–H groups in total. The van der Waals surface area contributed by atoms with Crippen molar-refractivity contribution < 1.29 is 9.47 Å². The van der Waals surface area contributed by atoms with Crippen molar-refractivity contribution >= 4 is 0 Å². The average Bonchev–Trinajstić information content (AvgIpc) is 2.98. The molecule has 0 aromatic carbocycles. The molecule has 0 radical (unpaired) electrons. The van der Waals surface area contributed by atoms with E-state index in [9.17, 15) is 0 Å². The average molecular weight is 283 g/mol. The Morgan fingerprint density at radius 1 is 1.20 bits per heavy atom. The smallest absolute Gasteiger partial charge is 0.0587 e. The zero-order valence-corrected chi connectivity index (χ0v) is 13.3. The second kappa shape index (κ2) is 9.01. The summed E-state index contributed by atoms with van der Waals surface area (Å²) in [5.74, 6) is 0. The summed E-state index contributed by atoms with van der Waals surface area (Å²) in [5.41, 5.74) is 0.560. The number of rotatable bonds is 9. The number of hydrogen-bond donors (Lipinski definition) is 1. The van der Waals surface area contributed by atoms with Gasteiger partial charge in [-0.05, 0) is 43.9 Å². The van der Waals surface area contributed by atoms with Gasteiger partial charge in [0.05, 0.1) is 12.7 Å². The van der Waals surface area contributed by atoms with E-state index in [1.165, 1.54) is 70.8 Å². The maximum atomic E-state index is 5.76. The fourth-order valence-electron chi connectivity index (χ4n) is 3.92. The second-order valence-electron chi connectivity index (χ2n) is 6.76. The van der Waals surface area contributed by atoms with E-state index < -0.39 is 0 Å². The van der Waals surface area contributed by atoms with Crippen LogP contribution in [0.25, 0.3) is 0 Å². The number of hydrogen-bond acceptors (Lipinski definition) is 3. The van der Waals surface area contributed by atoms with Crippen molar-refractivity contribution in [2.24, 2.45) is 5.41 Å². The van der Waals surface area contributed by atoms with Crippen molar-refractivity contribution in [3.8, 4) is 0 Å². The Balaban J connectivity index is 1.70. The van der Waals surface area contributed by atoms with Crippen LogP contribution in [0, 0.1) is 5.41 Å². The summed E-state index contributed by atoms with van der Waals surface area (Å²) in [4.78, 5) is 0. The quantitative estimate of drug-likeness (QED) is 0.657. The van der Waals surface area contributed by atoms with Crippen molar-refractivity contribution in [1.82, 2.24) is 5.32 Å². The molecule has 3 heteroatoms. The number of methoxy groups -OCH3 is 1. The lowest BCUT2D eigenvalue weighted by atomic mass is 9.70. The summed E-state index contributed by atoms with van der Waals surface area (Å²) < 4.78 is 10.9. The molecular weight excluding hydrogens is 250 g/mol. The van der Waals surface area contributed by atoms with Crippen LogP contribution in [0.1, 0.15) is 64.2 Å². The molecule has 1 heterocycles. The lowest BCUT2D eigenvalue weighted by Crippen LogP contribution is -2.37. The van der Waals surface area contributed by atoms with Crippen LogP contribution in [0.15, 0.2) is 0 Å². The van der Waals surface area contributed by atoms with Gasteiger partial charge in [0.1, 0.15) is 0 Å². The van der Waals surface area contributed by atoms with Crippen LogP contribution in [0.2, 0.25) is 0 Å². The minimum atomic E-state index is 0.560. The Labute approximate surface area is 124 Å². The van der Waals surface area contributed by atoms with Crippen molar-refractivity contribution in [2.45, 2.75) is 70.3 Å². The normalized spacial score (nSPS) is 25.9. The molecule has 1 unspecified atom stereocenters. The van der Waals surface area contributed by atoms with Crippen LogP contribution in [0.5, 0.6) is 0 Å². The molecule has 3 nitrogen and oxygen atoms in total. The molecule has 1 saturated heterocycles. The first-order valence-corrected chi connectivity index (χ1v) is 8.66. The first-order chi connectivity index (χ1) is 9.85. The van der Waals surface area contributed by atoms with Crippen LogP contribution >= 0.6 is 0 Å². The molecule has 2 rings (SSSR count). The van der Waals surface area contributed by atoms with E-state index in [4.69, 9.17) is 9.47 Å². The van der Waals surface area contributed by atoms with E-state index >= 15 is 0 Å². The van der Waals surface area contributed by atoms with Crippen LogP contribution in [0.3, 0.4) is 0 Å². The molecule has 1 aliphatic heterocycles. The second-order valence-corrected chi connectivity index (χ2v) is 6.76. The van der Waals surface area contributed by atoms with Crippen LogP contribution in [-0.4, -0.2) is 39.5 Å². The van der Waals surface area contributed by atoms with Crippen molar-refractivity contribution in [2.75, 3.05) is 33.4 Å². The highest BCUT2D eigenvalue weighted by Gasteiger charge is 2.31. The molecule has 20 heavy (non-hydrogen) atoms. The van der Waals surface area contributed by atoms with Gasteiger partial charge >= 0.3 is 0 Å². The van der Waals surface area contributed by atoms with E-state index in [1.807, 2.05) is 0 Å². The SMILES string of the molecule is COCCNCC1(CCCC2CCCO2)CCCCC1. The summed E-state index contributed by atoms with van der Waals surface area (Å²) in [7, 11) is 1.78. The first kappa shape index (κ1) is 16.3. The third kappa shape index (κ3) is 5.34. The molecule has 0 aromatic heterocycles. The van der Waals surface area contributed by atoms with Gasteiger partial charge in [0.2, 0.25) is 0 Å². The highest BCUT2D eigenvalue weighted by molar-refractivity contribution is 4.85. The maximum Gasteiger partial charge on any atom is 0.0587 e. The van der Waals surface area contributed by atoms with Gasteiger partial charge in [-0.2, -0.15) is 0 Å². The van der Waals surface area contributed by atoms with Gasteiger partial charge in [-0.25, -0.2) is 0 Å². The van der Waals surface area contributed by atoms with E-state index in [-0.39, 0.29) is 0 Å².